The highest BCUT2D eigenvalue weighted by Gasteiger charge is 2.75. The molecule has 0 radical (unpaired) electrons. The molecule has 42 nitrogen and oxygen atoms in total. The lowest BCUT2D eigenvalue weighted by atomic mass is 9.78. The van der Waals surface area contributed by atoms with Crippen LogP contribution in [0.1, 0.15) is 127 Å². The smallest absolute Gasteiger partial charge is 0.426 e. The van der Waals surface area contributed by atoms with E-state index in [1.807, 2.05) is 90.4 Å². The summed E-state index contributed by atoms with van der Waals surface area (Å²) in [5, 5.41) is 0. The summed E-state index contributed by atoms with van der Waals surface area (Å²) < 4.78 is 421. The SMILES string of the molecule is CC(C)(I)C(=O)OC1C2CC3C(OC(=O)C31)C2C(=O)OC(CS(=O)(=O)[O-])C(F)(F)F.CC(C)(I)C(=O)OC1C2CC3C1OC(=O)C3C2C(=O)OC(CS(=O)(=O)[O-])C(F)(F)F.CC(C)(I)C(=O)OC1C2OC(=O)C3C2OC1C3C(=O)OC(CS(=O)(=O)[O-])C(F)(F)F.CC(C)(I)C(=O)OC1CC2CC(C(=O)OC(CS(=O)(=O)[O-])C(F)(F)F)C1C2.CC(C)(I)C(=O)OC1CCCC(C(=O)OC(CS(=O)(=O)[O-])C(F)(F)F)C1. The molecule has 0 N–H and O–H groups in total. The van der Waals surface area contributed by atoms with E-state index in [1.54, 1.807) is 78.0 Å². The molecule has 12 fully saturated rings. The van der Waals surface area contributed by atoms with Crippen LogP contribution in [0.25, 0.3) is 0 Å². The van der Waals surface area contributed by atoms with E-state index in [2.05, 4.69) is 23.7 Å². The maximum atomic E-state index is 13.1. The summed E-state index contributed by atoms with van der Waals surface area (Å²) in [6, 6.07) is 0. The van der Waals surface area contributed by atoms with Crippen molar-refractivity contribution in [3.63, 3.8) is 0 Å². The van der Waals surface area contributed by atoms with Gasteiger partial charge in [-0.2, -0.15) is 65.9 Å². The van der Waals surface area contributed by atoms with Gasteiger partial charge in [-0.05, 0) is 133 Å². The molecule has 143 heavy (non-hydrogen) atoms. The molecule has 12 rings (SSSR count). The van der Waals surface area contributed by atoms with Gasteiger partial charge in [0.15, 0.2) is 12.2 Å². The number of halogens is 20. The van der Waals surface area contributed by atoms with Crippen LogP contribution < -0.4 is 0 Å². The highest BCUT2D eigenvalue weighted by Crippen LogP contribution is 2.62. The molecule has 12 aliphatic rings. The lowest BCUT2D eigenvalue weighted by molar-refractivity contribution is -0.220. The maximum Gasteiger partial charge on any atom is 0.426 e. The van der Waals surface area contributed by atoms with E-state index < -0.39 is 373 Å². The number of ether oxygens (including phenoxy) is 14. The van der Waals surface area contributed by atoms with E-state index in [0.717, 1.165) is 0 Å². The van der Waals surface area contributed by atoms with Crippen molar-refractivity contribution >= 4 is 241 Å². The fourth-order valence-electron chi connectivity index (χ4n) is 18.2. The van der Waals surface area contributed by atoms with E-state index in [0.29, 0.717) is 25.7 Å². The Morgan fingerprint density at radius 1 is 0.329 bits per heavy atom. The number of carbonyl (C=O) groups excluding carboxylic acids is 13. The predicted octanol–water partition coefficient (Wildman–Crippen LogP) is 6.45. The standard InChI is InChI=1S/2C16H18F3IO9S.C15H16F3IO10S.C15H20F3IO7S.C14H20F3IO7S/c1-15(2,20)14(23)29-11-6-3-5-9(11)13(22)28-10(5)8(6)12(21)27-7(16(17,18)19)4-30(24,25)26;1-15(2,20)14(23)29-11-6-3-5-9(13(22)28-10(5)11)8(6)12(21)27-7(16(17,18)19)4-30(24,25)26;1-14(2,19)13(22)29-10-8-5(6-7(27-8)9(10)28-12(6)21)11(20)26-4(15(16,17)18)3-30(23,24)25;1-14(2,19)13(21)25-10-5-7-3-8(10)9(4-7)12(20)26-11(15(16,17)18)6-27(22,23)24;1-13(2,18)12(20)24-9-5-3-4-8(6-9)11(19)25-10(14(15,16)17)7-26(21,22)23/h2*5-11H,3-4H2,1-2H3,(H,24,25,26);4-10H,3H2,1-2H3,(H,23,24,25);7-11H,3-6H2,1-2H3,(H,22,23,24);8-10H,3-7H2,1-2H3,(H,21,22,23)/p-5. The van der Waals surface area contributed by atoms with Crippen LogP contribution in [0.2, 0.25) is 0 Å². The summed E-state index contributed by atoms with van der Waals surface area (Å²) in [7, 11) is -26.6. The van der Waals surface area contributed by atoms with Crippen molar-refractivity contribution in [3.05, 3.63) is 0 Å². The van der Waals surface area contributed by atoms with Gasteiger partial charge in [0.25, 0.3) is 0 Å². The van der Waals surface area contributed by atoms with E-state index in [1.165, 1.54) is 13.8 Å². The van der Waals surface area contributed by atoms with Gasteiger partial charge in [-0.25, -0.2) is 42.1 Å². The number of fused-ring (bicyclic) bond motifs is 5. The van der Waals surface area contributed by atoms with Crippen molar-refractivity contribution in [3.8, 4) is 0 Å². The Morgan fingerprint density at radius 3 is 1.04 bits per heavy atom. The number of hydrogen-bond donors (Lipinski definition) is 0. The topological polar surface area (TPSA) is 637 Å². The van der Waals surface area contributed by atoms with E-state index in [-0.39, 0.29) is 38.0 Å². The van der Waals surface area contributed by atoms with Crippen LogP contribution in [0.15, 0.2) is 0 Å². The van der Waals surface area contributed by atoms with Crippen LogP contribution in [0.4, 0.5) is 65.9 Å². The lowest BCUT2D eigenvalue weighted by Crippen LogP contribution is -2.50. The molecule has 0 spiro atoms. The van der Waals surface area contributed by atoms with Crippen molar-refractivity contribution in [2.24, 2.45) is 82.9 Å². The monoisotopic (exact) mass is 2750 g/mol. The number of hydrogen-bond acceptors (Lipinski definition) is 42. The Balaban J connectivity index is 0.000000219. The van der Waals surface area contributed by atoms with Gasteiger partial charge in [0, 0.05) is 29.6 Å². The van der Waals surface area contributed by atoms with Crippen molar-refractivity contribution < 1.29 is 259 Å². The Labute approximate surface area is 871 Å². The number of carbonyl (C=O) groups is 13. The first kappa shape index (κ1) is 123. The zero-order valence-electron chi connectivity index (χ0n) is 74.9. The van der Waals surface area contributed by atoms with Gasteiger partial charge in [-0.1, -0.05) is 113 Å². The van der Waals surface area contributed by atoms with Gasteiger partial charge in [-0.15, -0.1) is 0 Å². The fraction of sp³-hybridized carbons (Fsp3) is 0.829. The zero-order valence-corrected chi connectivity index (χ0v) is 89.8. The van der Waals surface area contributed by atoms with Crippen molar-refractivity contribution in [1.82, 2.24) is 0 Å². The summed E-state index contributed by atoms with van der Waals surface area (Å²) in [4.78, 5) is 159. The van der Waals surface area contributed by atoms with Gasteiger partial charge in [0.05, 0.1) is 103 Å². The second-order valence-corrected chi connectivity index (χ2v) is 58.4. The average molecular weight is 2750 g/mol. The molecule has 0 amide bonds. The Kier molecular flexibility index (Phi) is 38.4. The highest BCUT2D eigenvalue weighted by molar-refractivity contribution is 14.1. The van der Waals surface area contributed by atoms with Crippen LogP contribution in [-0.2, 0) is 179 Å². The maximum absolute atomic E-state index is 13.1. The Bertz CT molecular complexity index is 5300. The van der Waals surface area contributed by atoms with Crippen LogP contribution in [-0.4, -0.2) is 311 Å². The quantitative estimate of drug-likeness (QED) is 0.0186. The van der Waals surface area contributed by atoms with Gasteiger partial charge in [0.1, 0.15) is 89.6 Å². The van der Waals surface area contributed by atoms with Gasteiger partial charge >= 0.3 is 108 Å². The zero-order chi connectivity index (χ0) is 110. The van der Waals surface area contributed by atoms with Gasteiger partial charge in [0.2, 0.25) is 30.5 Å². The third kappa shape index (κ3) is 32.4. The summed E-state index contributed by atoms with van der Waals surface area (Å²) in [6.07, 6.45) is -49.0. The van der Waals surface area contributed by atoms with Crippen LogP contribution in [0.3, 0.4) is 0 Å². The summed E-state index contributed by atoms with van der Waals surface area (Å²) in [5.74, 6) is -35.0. The van der Waals surface area contributed by atoms with Crippen molar-refractivity contribution in [2.75, 3.05) is 28.8 Å². The summed E-state index contributed by atoms with van der Waals surface area (Å²) in [5.41, 5.74) is 0. The van der Waals surface area contributed by atoms with Crippen LogP contribution in [0, 0.1) is 82.9 Å². The first-order chi connectivity index (χ1) is 64.2. The molecule has 7 saturated carbocycles. The minimum atomic E-state index is -5.39. The van der Waals surface area contributed by atoms with Crippen molar-refractivity contribution in [1.29, 1.82) is 0 Å². The van der Waals surface area contributed by atoms with Gasteiger partial charge in [-0.3, -0.25) is 62.3 Å². The highest BCUT2D eigenvalue weighted by atomic mass is 127. The second kappa shape index (κ2) is 44.5. The van der Waals surface area contributed by atoms with Crippen LogP contribution >= 0.6 is 113 Å². The summed E-state index contributed by atoms with van der Waals surface area (Å²) in [6.45, 7) is 15.8. The lowest BCUT2D eigenvalue weighted by Gasteiger charge is -2.32. The number of esters is 13. The third-order valence-corrected chi connectivity index (χ3v) is 30.2. The minimum Gasteiger partial charge on any atom is -0.748 e. The van der Waals surface area contributed by atoms with Crippen LogP contribution in [0.5, 0.6) is 0 Å². The second-order valence-electron chi connectivity index (χ2n) is 37.7. The minimum absolute atomic E-state index is 0.00949. The third-order valence-electron chi connectivity index (χ3n) is 24.4. The molecule has 5 heterocycles. The molecule has 7 aliphatic carbocycles. The molecule has 818 valence electrons. The molecule has 0 aromatic carbocycles. The first-order valence-electron chi connectivity index (χ1n) is 42.0. The normalized spacial score (nSPS) is 31.1. The molecular formula is C76H87F15I5O42S5-5. The van der Waals surface area contributed by atoms with E-state index in [9.17, 15) is 193 Å². The molecule has 5 saturated heterocycles. The molecule has 0 aromatic heterocycles. The van der Waals surface area contributed by atoms with E-state index >= 15 is 0 Å². The van der Waals surface area contributed by atoms with Gasteiger partial charge < -0.3 is 89.1 Å². The predicted molar refractivity (Wildman–Crippen MR) is 471 cm³/mol. The largest absolute Gasteiger partial charge is 0.748 e. The molecule has 29 atom stereocenters. The average Bonchev–Trinajstić information content (AvgIpc) is 1.55. The molecule has 29 unspecified atom stereocenters. The molecule has 67 heteroatoms. The summed E-state index contributed by atoms with van der Waals surface area (Å²) >= 11 is 9.20. The Hall–Kier alpha value is -4.78. The first-order valence-corrected chi connectivity index (χ1v) is 55.3. The fourth-order valence-corrected chi connectivity index (χ4v) is 22.0. The number of rotatable bonds is 30. The molecule has 5 aliphatic heterocycles. The van der Waals surface area contributed by atoms with Crippen molar-refractivity contribution in [2.45, 2.75) is 267 Å². The Morgan fingerprint density at radius 2 is 0.650 bits per heavy atom. The number of alkyl halides is 20. The molecular weight excluding hydrogens is 2660 g/mol. The molecule has 0 aromatic rings. The molecule has 8 bridgehead atoms. The van der Waals surface area contributed by atoms with E-state index in [4.69, 9.17) is 42.6 Å².